The van der Waals surface area contributed by atoms with Gasteiger partial charge < -0.3 is 14.5 Å². The van der Waals surface area contributed by atoms with Gasteiger partial charge >= 0.3 is 0 Å². The number of likely N-dealkylation sites (N-methyl/N-ethyl adjacent to an activating group) is 3. The smallest absolute Gasteiger partial charge is 0.248 e. The van der Waals surface area contributed by atoms with Gasteiger partial charge in [0, 0.05) is 58.9 Å². The Kier molecular flexibility index (Phi) is 10.3. The summed E-state index contributed by atoms with van der Waals surface area (Å²) in [5.41, 5.74) is 2.66. The monoisotopic (exact) mass is 522 g/mol. The van der Waals surface area contributed by atoms with Crippen molar-refractivity contribution in [2.24, 2.45) is 0 Å². The second-order valence-electron chi connectivity index (χ2n) is 10.6. The fourth-order valence-corrected chi connectivity index (χ4v) is 7.14. The molecule has 1 aromatic carbocycles. The lowest BCUT2D eigenvalue weighted by molar-refractivity contribution is -0.137. The van der Waals surface area contributed by atoms with Crippen LogP contribution in [0.2, 0.25) is 0 Å². The quantitative estimate of drug-likeness (QED) is 0.440. The van der Waals surface area contributed by atoms with E-state index >= 15 is 0 Å². The van der Waals surface area contributed by atoms with Gasteiger partial charge in [0.05, 0.1) is 11.5 Å². The molecule has 8 nitrogen and oxygen atoms in total. The molecular weight excluding hydrogens is 476 g/mol. The maximum absolute atomic E-state index is 13.2. The molecule has 0 unspecified atom stereocenters. The number of amides is 1. The number of nitrogens with zero attached hydrogens (tertiary/aromatic N) is 4. The lowest BCUT2D eigenvalue weighted by atomic mass is 9.89. The van der Waals surface area contributed by atoms with E-state index in [9.17, 15) is 13.2 Å². The molecule has 0 atom stereocenters. The Morgan fingerprint density at radius 3 is 2.17 bits per heavy atom. The molecule has 1 saturated heterocycles. The van der Waals surface area contributed by atoms with Crippen LogP contribution in [-0.2, 0) is 26.0 Å². The molecule has 1 saturated carbocycles. The highest BCUT2D eigenvalue weighted by Crippen LogP contribution is 2.27. The number of hydrogen-bond acceptors (Lipinski definition) is 6. The van der Waals surface area contributed by atoms with Gasteiger partial charge in [0.1, 0.15) is 6.61 Å². The number of piperazine rings is 1. The molecule has 0 radical (unpaired) electrons. The Morgan fingerprint density at radius 1 is 1.03 bits per heavy atom. The molecule has 1 aliphatic heterocycles. The minimum absolute atomic E-state index is 0.0218. The fraction of sp³-hybridized carbons (Fsp3) is 0.741. The largest absolute Gasteiger partial charge is 0.370 e. The summed E-state index contributed by atoms with van der Waals surface area (Å²) in [6, 6.07) is 4.77. The van der Waals surface area contributed by atoms with Crippen LogP contribution in [0.15, 0.2) is 17.0 Å². The number of ether oxygens (including phenoxy) is 1. The Labute approximate surface area is 218 Å². The molecule has 2 aliphatic rings. The maximum Gasteiger partial charge on any atom is 0.248 e. The zero-order chi connectivity index (χ0) is 26.5. The molecule has 0 bridgehead atoms. The summed E-state index contributed by atoms with van der Waals surface area (Å²) in [6.45, 7) is 10.7. The Morgan fingerprint density at radius 2 is 1.61 bits per heavy atom. The van der Waals surface area contributed by atoms with E-state index in [1.165, 1.54) is 4.31 Å². The van der Waals surface area contributed by atoms with Crippen LogP contribution >= 0.6 is 0 Å². The highest BCUT2D eigenvalue weighted by molar-refractivity contribution is 7.89. The van der Waals surface area contributed by atoms with Gasteiger partial charge in [-0.1, -0.05) is 19.1 Å². The van der Waals surface area contributed by atoms with Gasteiger partial charge in [0.25, 0.3) is 0 Å². The number of aryl methyl sites for hydroxylation is 3. The Bertz CT molecular complexity index is 960. The average molecular weight is 523 g/mol. The van der Waals surface area contributed by atoms with E-state index in [-0.39, 0.29) is 31.7 Å². The van der Waals surface area contributed by atoms with Crippen LogP contribution in [0.1, 0.15) is 49.3 Å². The minimum atomic E-state index is -3.63. The minimum Gasteiger partial charge on any atom is -0.370 e. The van der Waals surface area contributed by atoms with Crippen molar-refractivity contribution in [2.45, 2.75) is 69.9 Å². The molecule has 204 valence electrons. The van der Waals surface area contributed by atoms with Crippen molar-refractivity contribution in [2.75, 3.05) is 67.1 Å². The standard InChI is InChI=1S/C27H46N4O4S/c1-7-23-18-21(2)27(22(3)19-23)36(33,34)29(5)16-17-35-20-26(32)30(6)24-8-10-25(11-9-24)31-14-12-28(4)13-15-31/h18-19,24-25H,7-17,20H2,1-6H3. The van der Waals surface area contributed by atoms with E-state index in [2.05, 4.69) is 23.8 Å². The van der Waals surface area contributed by atoms with Gasteiger partial charge in [-0.3, -0.25) is 9.69 Å². The van der Waals surface area contributed by atoms with Crippen LogP contribution in [0.25, 0.3) is 0 Å². The van der Waals surface area contributed by atoms with Crippen LogP contribution in [0.4, 0.5) is 0 Å². The summed E-state index contributed by atoms with van der Waals surface area (Å²) in [6.07, 6.45) is 5.18. The molecule has 0 N–H and O–H groups in total. The average Bonchev–Trinajstić information content (AvgIpc) is 2.85. The second-order valence-corrected chi connectivity index (χ2v) is 12.6. The van der Waals surface area contributed by atoms with Crippen LogP contribution in [0, 0.1) is 13.8 Å². The van der Waals surface area contributed by atoms with Crippen molar-refractivity contribution in [1.82, 2.24) is 19.0 Å². The number of carbonyl (C=O) groups is 1. The van der Waals surface area contributed by atoms with E-state index in [0.717, 1.165) is 75.0 Å². The van der Waals surface area contributed by atoms with E-state index in [1.54, 1.807) is 7.05 Å². The normalized spacial score (nSPS) is 22.2. The number of hydrogen-bond donors (Lipinski definition) is 0. The zero-order valence-corrected chi connectivity index (χ0v) is 23.9. The van der Waals surface area contributed by atoms with Crippen molar-refractivity contribution < 1.29 is 17.9 Å². The van der Waals surface area contributed by atoms with E-state index in [1.807, 2.05) is 37.9 Å². The molecule has 1 heterocycles. The molecular formula is C27H46N4O4S. The number of rotatable bonds is 10. The molecule has 0 spiro atoms. The molecule has 2 fully saturated rings. The summed E-state index contributed by atoms with van der Waals surface area (Å²) >= 11 is 0. The Balaban J connectivity index is 1.42. The van der Waals surface area contributed by atoms with Crippen molar-refractivity contribution in [3.63, 3.8) is 0 Å². The second kappa shape index (κ2) is 12.8. The van der Waals surface area contributed by atoms with Crippen molar-refractivity contribution in [3.05, 3.63) is 28.8 Å². The first-order valence-electron chi connectivity index (χ1n) is 13.4. The third-order valence-corrected chi connectivity index (χ3v) is 10.2. The fourth-order valence-electron chi connectivity index (χ4n) is 5.58. The summed E-state index contributed by atoms with van der Waals surface area (Å²) in [7, 11) is 1.99. The highest BCUT2D eigenvalue weighted by atomic mass is 32.2. The lowest BCUT2D eigenvalue weighted by Gasteiger charge is -2.42. The van der Waals surface area contributed by atoms with Gasteiger partial charge in [0.15, 0.2) is 0 Å². The number of benzene rings is 1. The first-order valence-corrected chi connectivity index (χ1v) is 14.8. The van der Waals surface area contributed by atoms with Gasteiger partial charge in [0.2, 0.25) is 15.9 Å². The molecule has 1 aliphatic carbocycles. The lowest BCUT2D eigenvalue weighted by Crippen LogP contribution is -2.51. The predicted octanol–water partition coefficient (Wildman–Crippen LogP) is 2.52. The molecule has 3 rings (SSSR count). The van der Waals surface area contributed by atoms with Gasteiger partial charge in [-0.15, -0.1) is 0 Å². The van der Waals surface area contributed by atoms with Crippen LogP contribution in [-0.4, -0.2) is 112 Å². The summed E-state index contributed by atoms with van der Waals surface area (Å²) in [4.78, 5) is 19.9. The highest BCUT2D eigenvalue weighted by Gasteiger charge is 2.31. The van der Waals surface area contributed by atoms with Gasteiger partial charge in [-0.25, -0.2) is 8.42 Å². The van der Waals surface area contributed by atoms with Crippen LogP contribution < -0.4 is 0 Å². The van der Waals surface area contributed by atoms with E-state index in [0.29, 0.717) is 10.9 Å². The predicted molar refractivity (Wildman–Crippen MR) is 144 cm³/mol. The summed E-state index contributed by atoms with van der Waals surface area (Å²) in [5, 5.41) is 0. The van der Waals surface area contributed by atoms with E-state index < -0.39 is 10.0 Å². The third-order valence-electron chi connectivity index (χ3n) is 8.03. The van der Waals surface area contributed by atoms with Crippen LogP contribution in [0.3, 0.4) is 0 Å². The number of sulfonamides is 1. The molecule has 1 aromatic rings. The SMILES string of the molecule is CCc1cc(C)c(S(=O)(=O)N(C)CCOCC(=O)N(C)C2CCC(N3CCN(C)CC3)CC2)c(C)c1. The van der Waals surface area contributed by atoms with Crippen molar-refractivity contribution in [3.8, 4) is 0 Å². The first-order chi connectivity index (χ1) is 17.0. The van der Waals surface area contributed by atoms with Crippen molar-refractivity contribution >= 4 is 15.9 Å². The first kappa shape index (κ1) is 29.0. The summed E-state index contributed by atoms with van der Waals surface area (Å²) in [5.74, 6) is -0.0367. The van der Waals surface area contributed by atoms with Gasteiger partial charge in [-0.05, 0) is 69.7 Å². The zero-order valence-electron chi connectivity index (χ0n) is 23.1. The molecule has 36 heavy (non-hydrogen) atoms. The Hall–Kier alpha value is -1.52. The van der Waals surface area contributed by atoms with E-state index in [4.69, 9.17) is 4.74 Å². The maximum atomic E-state index is 13.2. The number of carbonyl (C=O) groups excluding carboxylic acids is 1. The molecule has 0 aromatic heterocycles. The van der Waals surface area contributed by atoms with Crippen LogP contribution in [0.5, 0.6) is 0 Å². The summed E-state index contributed by atoms with van der Waals surface area (Å²) < 4.78 is 33.3. The van der Waals surface area contributed by atoms with Gasteiger partial charge in [-0.2, -0.15) is 4.31 Å². The molecule has 9 heteroatoms. The topological polar surface area (TPSA) is 73.4 Å². The third kappa shape index (κ3) is 7.07. The molecule has 1 amide bonds. The van der Waals surface area contributed by atoms with Crippen molar-refractivity contribution in [1.29, 1.82) is 0 Å².